The summed E-state index contributed by atoms with van der Waals surface area (Å²) < 4.78 is 0. The number of aliphatic imine (C=N–C) groups is 1. The summed E-state index contributed by atoms with van der Waals surface area (Å²) in [6.45, 7) is 0.0462. The van der Waals surface area contributed by atoms with E-state index in [0.29, 0.717) is 17.1 Å². The molecule has 3 heterocycles. The minimum absolute atomic E-state index is 0.0462. The summed E-state index contributed by atoms with van der Waals surface area (Å²) in [5.74, 6) is -0.0713. The largest absolute Gasteiger partial charge is 0.281 e. The van der Waals surface area contributed by atoms with Crippen LogP contribution in [0.3, 0.4) is 0 Å². The molecule has 0 fully saturated rings. The quantitative estimate of drug-likeness (QED) is 0.566. The number of rotatable bonds is 0. The fourth-order valence-electron chi connectivity index (χ4n) is 1.67. The Morgan fingerprint density at radius 1 is 1.36 bits per heavy atom. The monoisotopic (exact) mass is 187 g/mol. The normalized spacial score (nSPS) is 18.3. The Kier molecular flexibility index (Phi) is 1.19. The molecule has 0 aliphatic carbocycles. The molecule has 0 spiro atoms. The molecule has 0 aromatic carbocycles. The minimum atomic E-state index is -0.287. The summed E-state index contributed by atoms with van der Waals surface area (Å²) in [5.41, 5.74) is 1.04. The SMILES string of the molecule is O=C1CN2C(=O)c3cccnc3C2=N1. The van der Waals surface area contributed by atoms with Gasteiger partial charge in [-0.2, -0.15) is 4.99 Å². The molecule has 0 atom stereocenters. The molecule has 2 aliphatic rings. The standard InChI is InChI=1S/C9H5N3O2/c13-6-4-12-8(11-6)7-5(9(12)14)2-1-3-10-7/h1-3H,4H2. The van der Waals surface area contributed by atoms with Crippen molar-refractivity contribution in [1.82, 2.24) is 9.88 Å². The Balaban J connectivity index is 2.28. The van der Waals surface area contributed by atoms with Gasteiger partial charge in [-0.1, -0.05) is 0 Å². The van der Waals surface area contributed by atoms with Crippen molar-refractivity contribution in [2.45, 2.75) is 0 Å². The molecule has 2 amide bonds. The first kappa shape index (κ1) is 7.37. The van der Waals surface area contributed by atoms with Gasteiger partial charge in [0.2, 0.25) is 0 Å². The van der Waals surface area contributed by atoms with Gasteiger partial charge in [-0.25, -0.2) is 0 Å². The maximum atomic E-state index is 11.7. The summed E-state index contributed by atoms with van der Waals surface area (Å²) in [6.07, 6.45) is 1.58. The van der Waals surface area contributed by atoms with Crippen LogP contribution in [0.4, 0.5) is 0 Å². The van der Waals surface area contributed by atoms with Crippen LogP contribution in [0.1, 0.15) is 16.1 Å². The lowest BCUT2D eigenvalue weighted by Gasteiger charge is -2.05. The molecule has 1 aromatic heterocycles. The number of fused-ring (bicyclic) bond motifs is 3. The third kappa shape index (κ3) is 0.736. The van der Waals surface area contributed by atoms with Gasteiger partial charge in [0.25, 0.3) is 11.8 Å². The van der Waals surface area contributed by atoms with Crippen LogP contribution in [0.5, 0.6) is 0 Å². The average Bonchev–Trinajstić information content (AvgIpc) is 2.68. The highest BCUT2D eigenvalue weighted by molar-refractivity contribution is 6.27. The Morgan fingerprint density at radius 3 is 3.07 bits per heavy atom. The Morgan fingerprint density at radius 2 is 2.21 bits per heavy atom. The molecular weight excluding hydrogens is 182 g/mol. The molecule has 0 saturated carbocycles. The second-order valence-corrected chi connectivity index (χ2v) is 3.12. The summed E-state index contributed by atoms with van der Waals surface area (Å²) in [4.78, 5) is 31.8. The Hall–Kier alpha value is -2.04. The maximum absolute atomic E-state index is 11.7. The van der Waals surface area contributed by atoms with E-state index in [2.05, 4.69) is 9.98 Å². The van der Waals surface area contributed by atoms with E-state index >= 15 is 0 Å². The van der Waals surface area contributed by atoms with Crippen molar-refractivity contribution in [2.75, 3.05) is 6.54 Å². The van der Waals surface area contributed by atoms with Gasteiger partial charge >= 0.3 is 0 Å². The Bertz CT molecular complexity index is 493. The number of hydrogen-bond donors (Lipinski definition) is 0. The number of nitrogens with zero attached hydrogens (tertiary/aromatic N) is 3. The lowest BCUT2D eigenvalue weighted by Crippen LogP contribution is -2.28. The number of amides is 2. The van der Waals surface area contributed by atoms with Crippen molar-refractivity contribution in [2.24, 2.45) is 4.99 Å². The summed E-state index contributed by atoms with van der Waals surface area (Å²) in [7, 11) is 0. The van der Waals surface area contributed by atoms with E-state index in [1.165, 1.54) is 4.90 Å². The highest BCUT2D eigenvalue weighted by Crippen LogP contribution is 2.23. The van der Waals surface area contributed by atoms with Gasteiger partial charge in [-0.05, 0) is 12.1 Å². The molecule has 1 aromatic rings. The van der Waals surface area contributed by atoms with E-state index in [-0.39, 0.29) is 18.4 Å². The van der Waals surface area contributed by atoms with Gasteiger partial charge < -0.3 is 0 Å². The first-order chi connectivity index (χ1) is 6.77. The number of carbonyl (C=O) groups is 2. The summed E-state index contributed by atoms with van der Waals surface area (Å²) >= 11 is 0. The van der Waals surface area contributed by atoms with Gasteiger partial charge in [0.1, 0.15) is 12.2 Å². The van der Waals surface area contributed by atoms with Gasteiger partial charge in [-0.3, -0.25) is 19.5 Å². The molecule has 14 heavy (non-hydrogen) atoms. The number of aromatic nitrogens is 1. The number of pyridine rings is 1. The second kappa shape index (κ2) is 2.25. The molecule has 0 unspecified atom stereocenters. The molecule has 0 bridgehead atoms. The second-order valence-electron chi connectivity index (χ2n) is 3.12. The molecule has 0 radical (unpaired) electrons. The molecule has 68 valence electrons. The van der Waals surface area contributed by atoms with Crippen LogP contribution in [0.15, 0.2) is 23.3 Å². The van der Waals surface area contributed by atoms with Crippen LogP contribution in [0.2, 0.25) is 0 Å². The lowest BCUT2D eigenvalue weighted by molar-refractivity contribution is -0.116. The highest BCUT2D eigenvalue weighted by atomic mass is 16.2. The third-order valence-electron chi connectivity index (χ3n) is 2.27. The molecule has 0 saturated heterocycles. The van der Waals surface area contributed by atoms with Crippen LogP contribution >= 0.6 is 0 Å². The lowest BCUT2D eigenvalue weighted by atomic mass is 10.2. The van der Waals surface area contributed by atoms with E-state index in [0.717, 1.165) is 0 Å². The predicted octanol–water partition coefficient (Wildman–Crippen LogP) is -0.176. The topological polar surface area (TPSA) is 62.6 Å². The van der Waals surface area contributed by atoms with Crippen molar-refractivity contribution in [3.63, 3.8) is 0 Å². The fraction of sp³-hybridized carbons (Fsp3) is 0.111. The van der Waals surface area contributed by atoms with Crippen LogP contribution < -0.4 is 0 Å². The Labute approximate surface area is 79.1 Å². The smallest absolute Gasteiger partial charge is 0.267 e. The van der Waals surface area contributed by atoms with Crippen LogP contribution in [0, 0.1) is 0 Å². The van der Waals surface area contributed by atoms with Crippen molar-refractivity contribution in [3.05, 3.63) is 29.6 Å². The molecular formula is C9H5N3O2. The first-order valence-corrected chi connectivity index (χ1v) is 4.16. The van der Waals surface area contributed by atoms with Crippen LogP contribution in [-0.2, 0) is 4.79 Å². The third-order valence-corrected chi connectivity index (χ3v) is 2.27. The fourth-order valence-corrected chi connectivity index (χ4v) is 1.67. The molecule has 0 N–H and O–H groups in total. The minimum Gasteiger partial charge on any atom is -0.281 e. The summed E-state index contributed by atoms with van der Waals surface area (Å²) in [6, 6.07) is 3.39. The summed E-state index contributed by atoms with van der Waals surface area (Å²) in [5, 5.41) is 0. The van der Waals surface area contributed by atoms with E-state index < -0.39 is 0 Å². The number of carbonyl (C=O) groups excluding carboxylic acids is 2. The first-order valence-electron chi connectivity index (χ1n) is 4.16. The van der Waals surface area contributed by atoms with Crippen molar-refractivity contribution in [3.8, 4) is 0 Å². The van der Waals surface area contributed by atoms with E-state index in [1.807, 2.05) is 0 Å². The molecule has 5 nitrogen and oxygen atoms in total. The van der Waals surface area contributed by atoms with Crippen molar-refractivity contribution in [1.29, 1.82) is 0 Å². The highest BCUT2D eigenvalue weighted by Gasteiger charge is 2.39. The number of amidine groups is 1. The van der Waals surface area contributed by atoms with Crippen LogP contribution in [0.25, 0.3) is 0 Å². The van der Waals surface area contributed by atoms with Gasteiger partial charge in [-0.15, -0.1) is 0 Å². The van der Waals surface area contributed by atoms with E-state index in [9.17, 15) is 9.59 Å². The zero-order valence-electron chi connectivity index (χ0n) is 7.10. The van der Waals surface area contributed by atoms with Crippen LogP contribution in [-0.4, -0.2) is 34.1 Å². The maximum Gasteiger partial charge on any atom is 0.267 e. The predicted molar refractivity (Wildman–Crippen MR) is 46.8 cm³/mol. The molecule has 2 aliphatic heterocycles. The average molecular weight is 187 g/mol. The zero-order chi connectivity index (χ0) is 9.71. The van der Waals surface area contributed by atoms with Gasteiger partial charge in [0, 0.05) is 6.20 Å². The van der Waals surface area contributed by atoms with Gasteiger partial charge in [0.05, 0.1) is 5.56 Å². The van der Waals surface area contributed by atoms with E-state index in [1.54, 1.807) is 18.3 Å². The van der Waals surface area contributed by atoms with Crippen molar-refractivity contribution >= 4 is 17.6 Å². The van der Waals surface area contributed by atoms with E-state index in [4.69, 9.17) is 0 Å². The zero-order valence-corrected chi connectivity index (χ0v) is 7.10. The van der Waals surface area contributed by atoms with Crippen molar-refractivity contribution < 1.29 is 9.59 Å². The molecule has 3 rings (SSSR count). The molecule has 5 heteroatoms. The number of hydrogen-bond acceptors (Lipinski definition) is 3. The van der Waals surface area contributed by atoms with Gasteiger partial charge in [0.15, 0.2) is 5.84 Å².